The summed E-state index contributed by atoms with van der Waals surface area (Å²) in [5.74, 6) is 0. The summed E-state index contributed by atoms with van der Waals surface area (Å²) in [5.41, 5.74) is 0.587. The molecule has 0 amide bonds. The molecule has 1 unspecified atom stereocenters. The topological polar surface area (TPSA) is 68.5 Å². The first-order valence-electron chi connectivity index (χ1n) is 5.88. The van der Waals surface area contributed by atoms with Gasteiger partial charge < -0.3 is 9.64 Å². The quantitative estimate of drug-likeness (QED) is 0.472. The zero-order chi connectivity index (χ0) is 13.8. The van der Waals surface area contributed by atoms with Gasteiger partial charge in [0.15, 0.2) is 0 Å². The highest BCUT2D eigenvalue weighted by Gasteiger charge is 2.29. The molecule has 0 radical (unpaired) electrons. The molecule has 0 aliphatic carbocycles. The first-order chi connectivity index (χ1) is 9.13. The Morgan fingerprint density at radius 2 is 2.47 bits per heavy atom. The van der Waals surface area contributed by atoms with E-state index in [0.717, 1.165) is 13.0 Å². The molecule has 0 spiro atoms. The van der Waals surface area contributed by atoms with Gasteiger partial charge in [0, 0.05) is 19.3 Å². The van der Waals surface area contributed by atoms with Gasteiger partial charge in [0.05, 0.1) is 22.1 Å². The molecular weight excluding hydrogens is 314 g/mol. The highest BCUT2D eigenvalue weighted by atomic mass is 79.9. The number of ether oxygens (including phenoxy) is 1. The zero-order valence-corrected chi connectivity index (χ0v) is 11.9. The fraction of sp³-hybridized carbons (Fsp3) is 0.417. The Kier molecular flexibility index (Phi) is 4.49. The smallest absolute Gasteiger partial charge is 0.311 e. The molecule has 2 rings (SSSR count). The highest BCUT2D eigenvalue weighted by Crippen LogP contribution is 2.36. The van der Waals surface area contributed by atoms with Crippen LogP contribution in [0.4, 0.5) is 11.4 Å². The van der Waals surface area contributed by atoms with Crippen molar-refractivity contribution in [2.24, 2.45) is 0 Å². The third-order valence-electron chi connectivity index (χ3n) is 2.96. The predicted octanol–water partition coefficient (Wildman–Crippen LogP) is 2.53. The number of nitrogens with zero attached hydrogens (tertiary/aromatic N) is 3. The van der Waals surface area contributed by atoms with Crippen molar-refractivity contribution in [1.82, 2.24) is 4.98 Å². The van der Waals surface area contributed by atoms with Crippen LogP contribution >= 0.6 is 15.9 Å². The van der Waals surface area contributed by atoms with Gasteiger partial charge in [-0.15, -0.1) is 6.58 Å². The molecule has 0 aromatic carbocycles. The van der Waals surface area contributed by atoms with E-state index in [4.69, 9.17) is 4.74 Å². The number of rotatable bonds is 5. The minimum atomic E-state index is -0.412. The van der Waals surface area contributed by atoms with E-state index >= 15 is 0 Å². The molecular formula is C12H14BrN3O3. The van der Waals surface area contributed by atoms with Gasteiger partial charge in [0.2, 0.25) is 0 Å². The molecule has 6 nitrogen and oxygen atoms in total. The largest absolute Gasteiger partial charge is 0.372 e. The fourth-order valence-electron chi connectivity index (χ4n) is 2.14. The van der Waals surface area contributed by atoms with Gasteiger partial charge in [-0.25, -0.2) is 0 Å². The maximum atomic E-state index is 11.1. The molecule has 0 N–H and O–H groups in total. The van der Waals surface area contributed by atoms with E-state index < -0.39 is 4.92 Å². The summed E-state index contributed by atoms with van der Waals surface area (Å²) in [6.45, 7) is 5.47. The van der Waals surface area contributed by atoms with Crippen LogP contribution in [0.2, 0.25) is 0 Å². The average Bonchev–Trinajstić information content (AvgIpc) is 2.84. The Morgan fingerprint density at radius 3 is 3.16 bits per heavy atom. The van der Waals surface area contributed by atoms with E-state index in [2.05, 4.69) is 27.5 Å². The lowest BCUT2D eigenvalue weighted by atomic mass is 10.3. The summed E-state index contributed by atoms with van der Waals surface area (Å²) in [5, 5.41) is 11.1. The summed E-state index contributed by atoms with van der Waals surface area (Å²) in [6.07, 6.45) is 5.48. The van der Waals surface area contributed by atoms with Crippen LogP contribution in [0, 0.1) is 10.1 Å². The molecule has 1 atom stereocenters. The maximum Gasteiger partial charge on any atom is 0.311 e. The zero-order valence-electron chi connectivity index (χ0n) is 10.3. The van der Waals surface area contributed by atoms with Gasteiger partial charge in [-0.1, -0.05) is 6.08 Å². The van der Waals surface area contributed by atoms with Gasteiger partial charge >= 0.3 is 5.69 Å². The number of nitro groups is 1. The van der Waals surface area contributed by atoms with Crippen molar-refractivity contribution in [1.29, 1.82) is 0 Å². The van der Waals surface area contributed by atoms with Crippen LogP contribution in [0.3, 0.4) is 0 Å². The van der Waals surface area contributed by atoms with E-state index in [1.807, 2.05) is 4.90 Å². The van der Waals surface area contributed by atoms with Crippen molar-refractivity contribution in [3.8, 4) is 0 Å². The van der Waals surface area contributed by atoms with Gasteiger partial charge in [-0.3, -0.25) is 15.1 Å². The van der Waals surface area contributed by atoms with Crippen LogP contribution in [0.5, 0.6) is 0 Å². The summed E-state index contributed by atoms with van der Waals surface area (Å²) >= 11 is 3.33. The molecule has 2 heterocycles. The minimum Gasteiger partial charge on any atom is -0.372 e. The Labute approximate surface area is 119 Å². The van der Waals surface area contributed by atoms with Gasteiger partial charge in [-0.2, -0.15) is 0 Å². The molecule has 1 saturated heterocycles. The van der Waals surface area contributed by atoms with Crippen molar-refractivity contribution < 1.29 is 9.66 Å². The Bertz CT molecular complexity index is 495. The van der Waals surface area contributed by atoms with Crippen molar-refractivity contribution in [3.63, 3.8) is 0 Å². The molecule has 19 heavy (non-hydrogen) atoms. The highest BCUT2D eigenvalue weighted by molar-refractivity contribution is 9.10. The third-order valence-corrected chi connectivity index (χ3v) is 3.54. The van der Waals surface area contributed by atoms with E-state index in [0.29, 0.717) is 23.3 Å². The van der Waals surface area contributed by atoms with Crippen molar-refractivity contribution in [2.75, 3.05) is 24.6 Å². The van der Waals surface area contributed by atoms with Gasteiger partial charge in [-0.05, 0) is 22.4 Å². The number of aromatic nitrogens is 1. The standard InChI is InChI=1S/C12H14BrN3O3/c1-2-5-19-9-3-4-15(8-9)12-10(13)6-14-7-11(12)16(17)18/h2,6-7,9H,1,3-5,8H2. The normalized spacial score (nSPS) is 18.6. The second-order valence-corrected chi connectivity index (χ2v) is 5.08. The number of halogens is 1. The summed E-state index contributed by atoms with van der Waals surface area (Å²) in [6, 6.07) is 0. The maximum absolute atomic E-state index is 11.1. The number of anilines is 1. The average molecular weight is 328 g/mol. The molecule has 1 fully saturated rings. The van der Waals surface area contributed by atoms with E-state index in [1.54, 1.807) is 12.3 Å². The number of pyridine rings is 1. The van der Waals surface area contributed by atoms with Crippen LogP contribution in [-0.4, -0.2) is 35.7 Å². The first kappa shape index (κ1) is 14.0. The molecule has 0 bridgehead atoms. The molecule has 1 aromatic rings. The second-order valence-electron chi connectivity index (χ2n) is 4.22. The number of hydrogen-bond acceptors (Lipinski definition) is 5. The lowest BCUT2D eigenvalue weighted by molar-refractivity contribution is -0.384. The van der Waals surface area contributed by atoms with Gasteiger partial charge in [0.25, 0.3) is 0 Å². The second kappa shape index (κ2) is 6.12. The Hall–Kier alpha value is -1.47. The van der Waals surface area contributed by atoms with Gasteiger partial charge in [0.1, 0.15) is 11.9 Å². The van der Waals surface area contributed by atoms with Crippen LogP contribution in [0.25, 0.3) is 0 Å². The summed E-state index contributed by atoms with van der Waals surface area (Å²) in [7, 11) is 0. The molecule has 7 heteroatoms. The molecule has 1 aromatic heterocycles. The van der Waals surface area contributed by atoms with E-state index in [1.165, 1.54) is 6.20 Å². The predicted molar refractivity (Wildman–Crippen MR) is 75.4 cm³/mol. The van der Waals surface area contributed by atoms with Crippen LogP contribution in [0.1, 0.15) is 6.42 Å². The fourth-order valence-corrected chi connectivity index (χ4v) is 2.71. The lowest BCUT2D eigenvalue weighted by Crippen LogP contribution is -2.24. The van der Waals surface area contributed by atoms with Crippen molar-refractivity contribution in [3.05, 3.63) is 39.6 Å². The van der Waals surface area contributed by atoms with Crippen molar-refractivity contribution >= 4 is 27.3 Å². The molecule has 1 aliphatic heterocycles. The molecule has 102 valence electrons. The first-order valence-corrected chi connectivity index (χ1v) is 6.68. The third kappa shape index (κ3) is 3.10. The Morgan fingerprint density at radius 1 is 1.68 bits per heavy atom. The molecule has 1 aliphatic rings. The van der Waals surface area contributed by atoms with E-state index in [-0.39, 0.29) is 11.8 Å². The number of hydrogen-bond donors (Lipinski definition) is 0. The van der Waals surface area contributed by atoms with Crippen LogP contribution in [0.15, 0.2) is 29.5 Å². The molecule has 0 saturated carbocycles. The monoisotopic (exact) mass is 327 g/mol. The minimum absolute atomic E-state index is 0.0127. The Balaban J connectivity index is 2.19. The summed E-state index contributed by atoms with van der Waals surface area (Å²) in [4.78, 5) is 16.4. The van der Waals surface area contributed by atoms with E-state index in [9.17, 15) is 10.1 Å². The lowest BCUT2D eigenvalue weighted by Gasteiger charge is -2.19. The SMILES string of the molecule is C=CCOC1CCN(c2c(Br)cncc2[N+](=O)[O-])C1. The van der Waals surface area contributed by atoms with Crippen LogP contribution < -0.4 is 4.90 Å². The van der Waals surface area contributed by atoms with Crippen molar-refractivity contribution in [2.45, 2.75) is 12.5 Å². The van der Waals surface area contributed by atoms with Crippen LogP contribution in [-0.2, 0) is 4.74 Å². The summed E-state index contributed by atoms with van der Waals surface area (Å²) < 4.78 is 6.21.